The average Bonchev–Trinajstić information content (AvgIpc) is 3.03. The highest BCUT2D eigenvalue weighted by molar-refractivity contribution is 5.60. The van der Waals surface area contributed by atoms with Crippen LogP contribution in [0.3, 0.4) is 0 Å². The molecule has 0 saturated heterocycles. The van der Waals surface area contributed by atoms with E-state index in [0.717, 1.165) is 28.2 Å². The number of hydrogen-bond acceptors (Lipinski definition) is 4. The highest BCUT2D eigenvalue weighted by atomic mass is 15.0. The second kappa shape index (κ2) is 5.86. The second-order valence-corrected chi connectivity index (χ2v) is 5.23. The van der Waals surface area contributed by atoms with E-state index in [1.165, 1.54) is 0 Å². The Bertz CT molecular complexity index is 1070. The third kappa shape index (κ3) is 2.69. The minimum atomic E-state index is 0.454. The smallest absolute Gasteiger partial charge is 0.156 e. The molecule has 5 heteroatoms. The summed E-state index contributed by atoms with van der Waals surface area (Å²) in [7, 11) is 0. The van der Waals surface area contributed by atoms with Gasteiger partial charge in [-0.05, 0) is 18.1 Å². The number of benzene rings is 1. The van der Waals surface area contributed by atoms with Crippen molar-refractivity contribution in [2.75, 3.05) is 5.73 Å². The van der Waals surface area contributed by atoms with Crippen LogP contribution in [-0.2, 0) is 0 Å². The Morgan fingerprint density at radius 1 is 0.917 bits per heavy atom. The predicted molar refractivity (Wildman–Crippen MR) is 93.1 cm³/mol. The minimum Gasteiger partial charge on any atom is -0.384 e. The van der Waals surface area contributed by atoms with Gasteiger partial charge in [0.25, 0.3) is 0 Å². The topological polar surface area (TPSA) is 69.1 Å². The molecule has 0 unspecified atom stereocenters. The van der Waals surface area contributed by atoms with Crippen LogP contribution in [0.15, 0.2) is 67.3 Å². The van der Waals surface area contributed by atoms with E-state index in [0.29, 0.717) is 5.82 Å². The van der Waals surface area contributed by atoms with Crippen molar-refractivity contribution in [2.24, 2.45) is 0 Å². The minimum absolute atomic E-state index is 0.454. The Hall–Kier alpha value is -3.65. The fraction of sp³-hybridized carbons (Fsp3) is 0. The maximum Gasteiger partial charge on any atom is 0.156 e. The number of nitrogen functional groups attached to an aromatic ring is 1. The lowest BCUT2D eigenvalue weighted by Gasteiger charge is -2.02. The summed E-state index contributed by atoms with van der Waals surface area (Å²) in [6.07, 6.45) is 7.08. The number of anilines is 1. The van der Waals surface area contributed by atoms with Crippen molar-refractivity contribution < 1.29 is 0 Å². The zero-order chi connectivity index (χ0) is 16.4. The van der Waals surface area contributed by atoms with E-state index in [1.807, 2.05) is 47.0 Å². The summed E-state index contributed by atoms with van der Waals surface area (Å²) in [5.41, 5.74) is 9.96. The molecule has 0 aliphatic rings. The van der Waals surface area contributed by atoms with Crippen LogP contribution in [0.4, 0.5) is 5.82 Å². The van der Waals surface area contributed by atoms with Gasteiger partial charge in [-0.25, -0.2) is 9.97 Å². The lowest BCUT2D eigenvalue weighted by atomic mass is 10.2. The van der Waals surface area contributed by atoms with Crippen LogP contribution in [0.5, 0.6) is 0 Å². The van der Waals surface area contributed by atoms with Gasteiger partial charge in [-0.3, -0.25) is 9.38 Å². The lowest BCUT2D eigenvalue weighted by Crippen LogP contribution is -1.93. The molecule has 0 aliphatic heterocycles. The van der Waals surface area contributed by atoms with Crippen LogP contribution < -0.4 is 5.73 Å². The van der Waals surface area contributed by atoms with Crippen LogP contribution in [0.2, 0.25) is 0 Å². The average molecular weight is 311 g/mol. The molecule has 3 heterocycles. The van der Waals surface area contributed by atoms with E-state index in [-0.39, 0.29) is 0 Å². The van der Waals surface area contributed by atoms with Gasteiger partial charge in [-0.15, -0.1) is 0 Å². The highest BCUT2D eigenvalue weighted by Gasteiger charge is 2.04. The van der Waals surface area contributed by atoms with Gasteiger partial charge in [0.15, 0.2) is 5.65 Å². The molecule has 3 aromatic heterocycles. The molecule has 0 radical (unpaired) electrons. The summed E-state index contributed by atoms with van der Waals surface area (Å²) >= 11 is 0. The molecule has 0 amide bonds. The molecule has 1 aromatic carbocycles. The van der Waals surface area contributed by atoms with E-state index in [9.17, 15) is 0 Å². The van der Waals surface area contributed by atoms with E-state index in [1.54, 1.807) is 24.7 Å². The Balaban J connectivity index is 1.77. The van der Waals surface area contributed by atoms with Crippen molar-refractivity contribution in [3.05, 3.63) is 78.5 Å². The first-order valence-electron chi connectivity index (χ1n) is 7.42. The molecule has 4 aromatic rings. The van der Waals surface area contributed by atoms with E-state index < -0.39 is 0 Å². The van der Waals surface area contributed by atoms with Gasteiger partial charge in [0.05, 0.1) is 18.1 Å². The standard InChI is InChI=1S/C19H13N5/c20-18-10-14(8-9-21-18)6-7-16-11-23-19-12-22-17(13-24(16)19)15-4-2-1-3-5-15/h1-5,8-13H,(H2,20,21). The zero-order valence-electron chi connectivity index (χ0n) is 12.7. The monoisotopic (exact) mass is 311 g/mol. The number of rotatable bonds is 1. The summed E-state index contributed by atoms with van der Waals surface area (Å²) in [6, 6.07) is 13.6. The Morgan fingerprint density at radius 3 is 2.62 bits per heavy atom. The quantitative estimate of drug-likeness (QED) is 0.549. The van der Waals surface area contributed by atoms with Gasteiger partial charge in [-0.1, -0.05) is 36.3 Å². The molecule has 0 saturated carbocycles. The maximum absolute atomic E-state index is 5.68. The SMILES string of the molecule is Nc1cc(C#Cc2cnc3cnc(-c4ccccc4)cn23)ccn1. The van der Waals surface area contributed by atoms with Crippen LogP contribution >= 0.6 is 0 Å². The van der Waals surface area contributed by atoms with Crippen molar-refractivity contribution in [1.29, 1.82) is 0 Å². The molecule has 2 N–H and O–H groups in total. The number of pyridine rings is 1. The van der Waals surface area contributed by atoms with Gasteiger partial charge in [0.2, 0.25) is 0 Å². The van der Waals surface area contributed by atoms with Crippen LogP contribution in [0.1, 0.15) is 11.3 Å². The number of imidazole rings is 1. The van der Waals surface area contributed by atoms with Crippen LogP contribution in [0.25, 0.3) is 16.9 Å². The van der Waals surface area contributed by atoms with E-state index in [2.05, 4.69) is 26.8 Å². The predicted octanol–water partition coefficient (Wildman–Crippen LogP) is 2.77. The third-order valence-electron chi connectivity index (χ3n) is 3.58. The second-order valence-electron chi connectivity index (χ2n) is 5.23. The van der Waals surface area contributed by atoms with Crippen molar-refractivity contribution in [2.45, 2.75) is 0 Å². The van der Waals surface area contributed by atoms with Gasteiger partial charge < -0.3 is 5.73 Å². The molecule has 0 bridgehead atoms. The molecular formula is C19H13N5. The van der Waals surface area contributed by atoms with Gasteiger partial charge >= 0.3 is 0 Å². The molecular weight excluding hydrogens is 298 g/mol. The highest BCUT2D eigenvalue weighted by Crippen LogP contribution is 2.17. The maximum atomic E-state index is 5.68. The molecule has 0 spiro atoms. The van der Waals surface area contributed by atoms with Crippen LogP contribution in [0, 0.1) is 11.8 Å². The fourth-order valence-electron chi connectivity index (χ4n) is 2.40. The van der Waals surface area contributed by atoms with Crippen molar-refractivity contribution in [3.8, 4) is 23.1 Å². The number of nitrogens with two attached hydrogens (primary N) is 1. The van der Waals surface area contributed by atoms with Crippen molar-refractivity contribution in [1.82, 2.24) is 19.4 Å². The molecule has 0 fully saturated rings. The molecule has 4 rings (SSSR count). The summed E-state index contributed by atoms with van der Waals surface area (Å²) in [6.45, 7) is 0. The number of nitrogens with zero attached hydrogens (tertiary/aromatic N) is 4. The molecule has 0 aliphatic carbocycles. The Labute approximate surface area is 138 Å². The van der Waals surface area contributed by atoms with Crippen molar-refractivity contribution >= 4 is 11.5 Å². The summed E-state index contributed by atoms with van der Waals surface area (Å²) in [4.78, 5) is 12.8. The Kier molecular flexibility index (Phi) is 3.41. The molecule has 0 atom stereocenters. The van der Waals surface area contributed by atoms with Gasteiger partial charge in [0.1, 0.15) is 11.5 Å². The molecule has 24 heavy (non-hydrogen) atoms. The first kappa shape index (κ1) is 14.0. The number of fused-ring (bicyclic) bond motifs is 1. The summed E-state index contributed by atoms with van der Waals surface area (Å²) in [5.74, 6) is 6.67. The van der Waals surface area contributed by atoms with Crippen LogP contribution in [-0.4, -0.2) is 19.4 Å². The first-order valence-corrected chi connectivity index (χ1v) is 7.42. The van der Waals surface area contributed by atoms with Gasteiger partial charge in [-0.2, -0.15) is 0 Å². The first-order chi connectivity index (χ1) is 11.8. The number of hydrogen-bond donors (Lipinski definition) is 1. The zero-order valence-corrected chi connectivity index (χ0v) is 12.7. The largest absolute Gasteiger partial charge is 0.384 e. The molecule has 114 valence electrons. The van der Waals surface area contributed by atoms with E-state index in [4.69, 9.17) is 5.73 Å². The van der Waals surface area contributed by atoms with Crippen molar-refractivity contribution in [3.63, 3.8) is 0 Å². The summed E-state index contributed by atoms with van der Waals surface area (Å²) in [5, 5.41) is 0. The summed E-state index contributed by atoms with van der Waals surface area (Å²) < 4.78 is 1.94. The van der Waals surface area contributed by atoms with Gasteiger partial charge in [0, 0.05) is 23.5 Å². The normalized spacial score (nSPS) is 10.3. The number of aromatic nitrogens is 4. The fourth-order valence-corrected chi connectivity index (χ4v) is 2.40. The van der Waals surface area contributed by atoms with E-state index >= 15 is 0 Å². The molecule has 5 nitrogen and oxygen atoms in total. The Morgan fingerprint density at radius 2 is 1.79 bits per heavy atom. The lowest BCUT2D eigenvalue weighted by molar-refractivity contribution is 1.12. The third-order valence-corrected chi connectivity index (χ3v) is 3.58.